The lowest BCUT2D eigenvalue weighted by Crippen LogP contribution is -2.67. The second-order valence-electron chi connectivity index (χ2n) is 8.33. The second-order valence-corrected chi connectivity index (χ2v) is 8.33. The summed E-state index contributed by atoms with van der Waals surface area (Å²) < 4.78 is 26.5. The Balaban J connectivity index is 1.83. The summed E-state index contributed by atoms with van der Waals surface area (Å²) in [6.45, 7) is -2.33. The van der Waals surface area contributed by atoms with E-state index in [0.29, 0.717) is 0 Å². The highest BCUT2D eigenvalue weighted by molar-refractivity contribution is 4.96. The molecule has 16 heteroatoms. The van der Waals surface area contributed by atoms with E-state index in [0.717, 1.165) is 0 Å². The number of aliphatic hydroxyl groups is 11. The van der Waals surface area contributed by atoms with E-state index in [9.17, 15) is 56.2 Å². The molecule has 0 radical (unpaired) electrons. The lowest BCUT2D eigenvalue weighted by Gasteiger charge is -2.48. The van der Waals surface area contributed by atoms with Gasteiger partial charge in [-0.2, -0.15) is 0 Å². The minimum absolute atomic E-state index is 0.769. The third-order valence-electron chi connectivity index (χ3n) is 6.10. The van der Waals surface area contributed by atoms with Gasteiger partial charge in [-0.15, -0.1) is 0 Å². The zero-order valence-corrected chi connectivity index (χ0v) is 17.7. The molecule has 0 bridgehead atoms. The molecule has 200 valence electrons. The van der Waals surface area contributed by atoms with E-state index in [1.54, 1.807) is 0 Å². The summed E-state index contributed by atoms with van der Waals surface area (Å²) >= 11 is 0. The van der Waals surface area contributed by atoms with Gasteiger partial charge in [0.25, 0.3) is 0 Å². The van der Waals surface area contributed by atoms with Crippen LogP contribution in [0.5, 0.6) is 0 Å². The van der Waals surface area contributed by atoms with E-state index >= 15 is 0 Å². The molecule has 34 heavy (non-hydrogen) atoms. The topological polar surface area (TPSA) is 269 Å². The molecule has 15 atom stereocenters. The van der Waals surface area contributed by atoms with Gasteiger partial charge in [-0.1, -0.05) is 0 Å². The summed E-state index contributed by atoms with van der Waals surface area (Å²) in [7, 11) is 0. The Hall–Kier alpha value is -0.640. The normalized spacial score (nSPS) is 52.5. The molecule has 0 aromatic carbocycles. The van der Waals surface area contributed by atoms with Gasteiger partial charge in [0.05, 0.1) is 19.8 Å². The fourth-order valence-corrected chi connectivity index (χ4v) is 4.03. The van der Waals surface area contributed by atoms with Crippen LogP contribution >= 0.6 is 0 Å². The van der Waals surface area contributed by atoms with Gasteiger partial charge >= 0.3 is 0 Å². The van der Waals surface area contributed by atoms with Crippen molar-refractivity contribution in [1.29, 1.82) is 0 Å². The summed E-state index contributed by atoms with van der Waals surface area (Å²) in [5, 5.41) is 109. The van der Waals surface area contributed by atoms with E-state index in [2.05, 4.69) is 0 Å². The highest BCUT2D eigenvalue weighted by Gasteiger charge is 2.53. The second kappa shape index (κ2) is 11.6. The highest BCUT2D eigenvalue weighted by atomic mass is 16.8. The van der Waals surface area contributed by atoms with Crippen molar-refractivity contribution in [2.45, 2.75) is 92.1 Å². The maximum atomic E-state index is 10.6. The molecule has 3 heterocycles. The lowest BCUT2D eigenvalue weighted by atomic mass is 9.96. The first kappa shape index (κ1) is 27.9. The molecule has 0 aliphatic carbocycles. The van der Waals surface area contributed by atoms with Crippen molar-refractivity contribution in [3.63, 3.8) is 0 Å². The molecule has 3 fully saturated rings. The van der Waals surface area contributed by atoms with Crippen molar-refractivity contribution < 1.29 is 79.9 Å². The first-order valence-corrected chi connectivity index (χ1v) is 10.6. The monoisotopic (exact) mass is 504 g/mol. The fourth-order valence-electron chi connectivity index (χ4n) is 4.03. The van der Waals surface area contributed by atoms with Crippen LogP contribution in [0, 0.1) is 0 Å². The molecular weight excluding hydrogens is 472 g/mol. The van der Waals surface area contributed by atoms with Gasteiger partial charge in [0.2, 0.25) is 0 Å². The van der Waals surface area contributed by atoms with Gasteiger partial charge in [-0.05, 0) is 0 Å². The SMILES string of the molecule is OC[C@H]1O[C@H](O[C@H]2C(O)O[C@H](CO)[C@@H](O)[C@@H]2O[C@H]2O[C@H](CO)[C@@H](O)[C@H](O)[C@@H]2O)[C@@H](O)[C@@H](O)[C@@H]1O. The molecule has 0 aromatic heterocycles. The van der Waals surface area contributed by atoms with Crippen molar-refractivity contribution >= 4 is 0 Å². The molecule has 16 nitrogen and oxygen atoms in total. The summed E-state index contributed by atoms with van der Waals surface area (Å²) in [5.41, 5.74) is 0. The van der Waals surface area contributed by atoms with Gasteiger partial charge in [0.1, 0.15) is 73.2 Å². The molecule has 0 saturated carbocycles. The van der Waals surface area contributed by atoms with Gasteiger partial charge < -0.3 is 79.9 Å². The smallest absolute Gasteiger partial charge is 0.187 e. The van der Waals surface area contributed by atoms with E-state index < -0.39 is 112 Å². The van der Waals surface area contributed by atoms with E-state index in [4.69, 9.17) is 23.7 Å². The van der Waals surface area contributed by atoms with Crippen LogP contribution in [0.4, 0.5) is 0 Å². The molecule has 0 spiro atoms. The third kappa shape index (κ3) is 5.37. The number of hydrogen-bond donors (Lipinski definition) is 11. The Morgan fingerprint density at radius 1 is 0.441 bits per heavy atom. The molecule has 1 unspecified atom stereocenters. The molecule has 3 rings (SSSR count). The van der Waals surface area contributed by atoms with Crippen molar-refractivity contribution in [2.75, 3.05) is 19.8 Å². The average Bonchev–Trinajstić information content (AvgIpc) is 2.83. The zero-order chi connectivity index (χ0) is 25.3. The Labute approximate surface area is 192 Å². The molecule has 0 aromatic rings. The van der Waals surface area contributed by atoms with Crippen LogP contribution in [0.25, 0.3) is 0 Å². The third-order valence-corrected chi connectivity index (χ3v) is 6.10. The predicted octanol–water partition coefficient (Wildman–Crippen LogP) is -7.57. The van der Waals surface area contributed by atoms with Crippen molar-refractivity contribution in [3.05, 3.63) is 0 Å². The largest absolute Gasteiger partial charge is 0.394 e. The summed E-state index contributed by atoms with van der Waals surface area (Å²) in [4.78, 5) is 0. The van der Waals surface area contributed by atoms with E-state index in [1.807, 2.05) is 0 Å². The summed E-state index contributed by atoms with van der Waals surface area (Å²) in [6, 6.07) is 0. The van der Waals surface area contributed by atoms with Crippen LogP contribution in [-0.4, -0.2) is 168 Å². The first-order chi connectivity index (χ1) is 16.0. The van der Waals surface area contributed by atoms with Crippen LogP contribution in [0.1, 0.15) is 0 Å². The Morgan fingerprint density at radius 3 is 1.24 bits per heavy atom. The van der Waals surface area contributed by atoms with Crippen LogP contribution < -0.4 is 0 Å². The van der Waals surface area contributed by atoms with Crippen molar-refractivity contribution in [1.82, 2.24) is 0 Å². The number of hydrogen-bond acceptors (Lipinski definition) is 16. The summed E-state index contributed by atoms with van der Waals surface area (Å²) in [5.74, 6) is 0. The fraction of sp³-hybridized carbons (Fsp3) is 1.00. The van der Waals surface area contributed by atoms with E-state index in [-0.39, 0.29) is 0 Å². The van der Waals surface area contributed by atoms with Gasteiger partial charge in [0.15, 0.2) is 18.9 Å². The van der Waals surface area contributed by atoms with Crippen LogP contribution in [0.3, 0.4) is 0 Å². The maximum absolute atomic E-state index is 10.6. The number of ether oxygens (including phenoxy) is 5. The Kier molecular flexibility index (Phi) is 9.54. The maximum Gasteiger partial charge on any atom is 0.187 e. The van der Waals surface area contributed by atoms with Gasteiger partial charge in [-0.3, -0.25) is 0 Å². The van der Waals surface area contributed by atoms with Crippen molar-refractivity contribution in [2.24, 2.45) is 0 Å². The first-order valence-electron chi connectivity index (χ1n) is 10.6. The Morgan fingerprint density at radius 2 is 0.824 bits per heavy atom. The minimum atomic E-state index is -1.94. The van der Waals surface area contributed by atoms with E-state index in [1.165, 1.54) is 0 Å². The molecule has 11 N–H and O–H groups in total. The van der Waals surface area contributed by atoms with Gasteiger partial charge in [0, 0.05) is 0 Å². The number of aliphatic hydroxyl groups excluding tert-OH is 11. The molecule has 3 aliphatic heterocycles. The molecule has 3 aliphatic rings. The standard InChI is InChI=1S/C18H32O16/c19-1-4-7(22)10(25)12(27)17(31-4)33-14-9(24)6(3-21)30-16(29)15(14)34-18-13(28)11(26)8(23)5(2-20)32-18/h4-29H,1-3H2/t4-,5-,6-,7-,8-,9-,10+,11+,12+,13+,14+,15-,16?,17-,18-/m1/s1. The highest BCUT2D eigenvalue weighted by Crippen LogP contribution is 2.32. The van der Waals surface area contributed by atoms with Crippen LogP contribution in [0.15, 0.2) is 0 Å². The zero-order valence-electron chi connectivity index (χ0n) is 17.7. The lowest BCUT2D eigenvalue weighted by molar-refractivity contribution is -0.387. The molecule has 0 amide bonds. The molecule has 3 saturated heterocycles. The minimum Gasteiger partial charge on any atom is -0.394 e. The Bertz CT molecular complexity index is 637. The summed E-state index contributed by atoms with van der Waals surface area (Å²) in [6.07, 6.45) is -25.6. The van der Waals surface area contributed by atoms with Crippen LogP contribution in [-0.2, 0) is 23.7 Å². The quantitative estimate of drug-likeness (QED) is 0.154. The van der Waals surface area contributed by atoms with Crippen molar-refractivity contribution in [3.8, 4) is 0 Å². The number of rotatable bonds is 7. The average molecular weight is 504 g/mol. The molecular formula is C18H32O16. The van der Waals surface area contributed by atoms with Crippen LogP contribution in [0.2, 0.25) is 0 Å². The van der Waals surface area contributed by atoms with Gasteiger partial charge in [-0.25, -0.2) is 0 Å². The predicted molar refractivity (Wildman–Crippen MR) is 101 cm³/mol.